The van der Waals surface area contributed by atoms with Gasteiger partial charge in [0, 0.05) is 11.6 Å². The van der Waals surface area contributed by atoms with Gasteiger partial charge in [-0.1, -0.05) is 42.4 Å². The molecule has 0 bridgehead atoms. The SMILES string of the molecule is O=C(CSc1nnc(NC2CCCCC2)s1)c1ccc2c(c1)OCCO2. The predicted molar refractivity (Wildman–Crippen MR) is 103 cm³/mol. The molecule has 1 aliphatic carbocycles. The Morgan fingerprint density at radius 3 is 2.81 bits per heavy atom. The predicted octanol–water partition coefficient (Wildman–Crippen LogP) is 4.03. The molecule has 26 heavy (non-hydrogen) atoms. The highest BCUT2D eigenvalue weighted by atomic mass is 32.2. The second kappa shape index (κ2) is 8.26. The van der Waals surface area contributed by atoms with Crippen LogP contribution in [0.1, 0.15) is 42.5 Å². The monoisotopic (exact) mass is 391 g/mol. The number of carbonyl (C=O) groups excluding carboxylic acids is 1. The van der Waals surface area contributed by atoms with Gasteiger partial charge < -0.3 is 14.8 Å². The van der Waals surface area contributed by atoms with Crippen molar-refractivity contribution in [3.05, 3.63) is 23.8 Å². The number of Topliss-reactive ketones (excluding diaryl/α,β-unsaturated/α-hetero) is 1. The van der Waals surface area contributed by atoms with Crippen LogP contribution in [0.15, 0.2) is 22.5 Å². The molecule has 138 valence electrons. The van der Waals surface area contributed by atoms with Crippen molar-refractivity contribution in [2.75, 3.05) is 24.3 Å². The molecule has 1 fully saturated rings. The van der Waals surface area contributed by atoms with Crippen molar-refractivity contribution in [2.45, 2.75) is 42.5 Å². The molecule has 0 spiro atoms. The Bertz CT molecular complexity index is 775. The first-order valence-corrected chi connectivity index (χ1v) is 10.7. The summed E-state index contributed by atoms with van der Waals surface area (Å²) in [6.45, 7) is 1.06. The first-order chi connectivity index (χ1) is 12.8. The molecule has 0 unspecified atom stereocenters. The second-order valence-corrected chi connectivity index (χ2v) is 8.62. The summed E-state index contributed by atoms with van der Waals surface area (Å²) >= 11 is 2.95. The van der Waals surface area contributed by atoms with Gasteiger partial charge >= 0.3 is 0 Å². The summed E-state index contributed by atoms with van der Waals surface area (Å²) < 4.78 is 11.8. The molecule has 1 aliphatic heterocycles. The lowest BCUT2D eigenvalue weighted by atomic mass is 9.96. The zero-order valence-corrected chi connectivity index (χ0v) is 16.0. The number of rotatable bonds is 6. The van der Waals surface area contributed by atoms with Crippen molar-refractivity contribution in [2.24, 2.45) is 0 Å². The molecule has 0 saturated heterocycles. The maximum absolute atomic E-state index is 12.5. The third kappa shape index (κ3) is 4.29. The summed E-state index contributed by atoms with van der Waals surface area (Å²) in [6.07, 6.45) is 6.29. The van der Waals surface area contributed by atoms with Gasteiger partial charge in [0.25, 0.3) is 0 Å². The highest BCUT2D eigenvalue weighted by Crippen LogP contribution is 2.32. The Morgan fingerprint density at radius 1 is 1.15 bits per heavy atom. The van der Waals surface area contributed by atoms with Crippen molar-refractivity contribution < 1.29 is 14.3 Å². The number of hydrogen-bond donors (Lipinski definition) is 1. The van der Waals surface area contributed by atoms with Crippen LogP contribution in [0.3, 0.4) is 0 Å². The molecule has 1 saturated carbocycles. The van der Waals surface area contributed by atoms with E-state index in [1.807, 2.05) is 0 Å². The molecule has 0 amide bonds. The zero-order chi connectivity index (χ0) is 17.8. The number of hydrogen-bond acceptors (Lipinski definition) is 8. The van der Waals surface area contributed by atoms with E-state index in [-0.39, 0.29) is 5.78 Å². The normalized spacial score (nSPS) is 17.1. The average Bonchev–Trinajstić information content (AvgIpc) is 3.14. The number of anilines is 1. The lowest BCUT2D eigenvalue weighted by Crippen LogP contribution is -2.21. The molecule has 0 atom stereocenters. The van der Waals surface area contributed by atoms with Gasteiger partial charge in [-0.05, 0) is 31.0 Å². The maximum atomic E-state index is 12.5. The summed E-state index contributed by atoms with van der Waals surface area (Å²) in [5, 5.41) is 12.7. The van der Waals surface area contributed by atoms with Gasteiger partial charge in [0.15, 0.2) is 21.6 Å². The Morgan fingerprint density at radius 2 is 1.96 bits per heavy atom. The van der Waals surface area contributed by atoms with E-state index < -0.39 is 0 Å². The standard InChI is InChI=1S/C18H21N3O3S2/c22-14(12-6-7-15-16(10-12)24-9-8-23-15)11-25-18-21-20-17(26-18)19-13-4-2-1-3-5-13/h6-7,10,13H,1-5,8-9,11H2,(H,19,20). The number of nitrogens with zero attached hydrogens (tertiary/aromatic N) is 2. The Kier molecular flexibility index (Phi) is 5.59. The van der Waals surface area contributed by atoms with Crippen LogP contribution >= 0.6 is 23.1 Å². The largest absolute Gasteiger partial charge is 0.486 e. The minimum absolute atomic E-state index is 0.0453. The van der Waals surface area contributed by atoms with E-state index in [1.165, 1.54) is 55.2 Å². The van der Waals surface area contributed by atoms with E-state index in [0.717, 1.165) is 9.47 Å². The van der Waals surface area contributed by atoms with Gasteiger partial charge in [0.1, 0.15) is 13.2 Å². The van der Waals surface area contributed by atoms with Crippen molar-refractivity contribution in [3.63, 3.8) is 0 Å². The van der Waals surface area contributed by atoms with Gasteiger partial charge in [-0.15, -0.1) is 10.2 Å². The molecule has 8 heteroatoms. The number of thioether (sulfide) groups is 1. The Labute approximate surface area is 160 Å². The third-order valence-electron chi connectivity index (χ3n) is 4.53. The van der Waals surface area contributed by atoms with E-state index in [9.17, 15) is 4.79 Å². The number of aromatic nitrogens is 2. The van der Waals surface area contributed by atoms with E-state index in [1.54, 1.807) is 18.2 Å². The number of fused-ring (bicyclic) bond motifs is 1. The fraction of sp³-hybridized carbons (Fsp3) is 0.500. The molecular weight excluding hydrogens is 370 g/mol. The molecule has 1 aromatic heterocycles. The van der Waals surface area contributed by atoms with Crippen molar-refractivity contribution in [1.29, 1.82) is 0 Å². The number of carbonyl (C=O) groups is 1. The van der Waals surface area contributed by atoms with Gasteiger partial charge in [-0.2, -0.15) is 0 Å². The molecule has 4 rings (SSSR count). The fourth-order valence-corrected chi connectivity index (χ4v) is 4.90. The highest BCUT2D eigenvalue weighted by Gasteiger charge is 2.17. The van der Waals surface area contributed by atoms with Crippen LogP contribution < -0.4 is 14.8 Å². The summed E-state index contributed by atoms with van der Waals surface area (Å²) in [4.78, 5) is 12.5. The molecule has 2 aliphatic rings. The lowest BCUT2D eigenvalue weighted by Gasteiger charge is -2.21. The highest BCUT2D eigenvalue weighted by molar-refractivity contribution is 8.01. The van der Waals surface area contributed by atoms with Gasteiger partial charge in [-0.25, -0.2) is 0 Å². The molecule has 0 radical (unpaired) electrons. The Balaban J connectivity index is 1.31. The minimum atomic E-state index is 0.0453. The smallest absolute Gasteiger partial charge is 0.206 e. The van der Waals surface area contributed by atoms with Gasteiger partial charge in [-0.3, -0.25) is 4.79 Å². The number of ether oxygens (including phenoxy) is 2. The fourth-order valence-electron chi connectivity index (χ4n) is 3.18. The van der Waals surface area contributed by atoms with Crippen LogP contribution in [0.4, 0.5) is 5.13 Å². The molecule has 1 aromatic carbocycles. The zero-order valence-electron chi connectivity index (χ0n) is 14.4. The molecular formula is C18H21N3O3S2. The van der Waals surface area contributed by atoms with Crippen LogP contribution in [-0.4, -0.2) is 41.0 Å². The Hall–Kier alpha value is -1.80. The molecule has 6 nitrogen and oxygen atoms in total. The van der Waals surface area contributed by atoms with Gasteiger partial charge in [0.05, 0.1) is 5.75 Å². The van der Waals surface area contributed by atoms with Crippen molar-refractivity contribution >= 4 is 34.0 Å². The number of benzene rings is 1. The second-order valence-electron chi connectivity index (χ2n) is 6.42. The van der Waals surface area contributed by atoms with Crippen molar-refractivity contribution in [1.82, 2.24) is 10.2 Å². The first-order valence-electron chi connectivity index (χ1n) is 8.93. The summed E-state index contributed by atoms with van der Waals surface area (Å²) in [7, 11) is 0. The maximum Gasteiger partial charge on any atom is 0.206 e. The summed E-state index contributed by atoms with van der Waals surface area (Å²) in [5.41, 5.74) is 0.631. The van der Waals surface area contributed by atoms with Gasteiger partial charge in [0.2, 0.25) is 5.13 Å². The summed E-state index contributed by atoms with van der Waals surface area (Å²) in [6, 6.07) is 5.85. The minimum Gasteiger partial charge on any atom is -0.486 e. The molecule has 1 N–H and O–H groups in total. The topological polar surface area (TPSA) is 73.3 Å². The van der Waals surface area contributed by atoms with E-state index in [4.69, 9.17) is 9.47 Å². The van der Waals surface area contributed by atoms with Crippen LogP contribution in [0, 0.1) is 0 Å². The van der Waals surface area contributed by atoms with Crippen LogP contribution in [-0.2, 0) is 0 Å². The average molecular weight is 392 g/mol. The molecule has 2 aromatic rings. The van der Waals surface area contributed by atoms with E-state index in [0.29, 0.717) is 42.1 Å². The van der Waals surface area contributed by atoms with E-state index >= 15 is 0 Å². The summed E-state index contributed by atoms with van der Waals surface area (Å²) in [5.74, 6) is 1.71. The van der Waals surface area contributed by atoms with Crippen molar-refractivity contribution in [3.8, 4) is 11.5 Å². The quantitative estimate of drug-likeness (QED) is 0.589. The lowest BCUT2D eigenvalue weighted by molar-refractivity contribution is 0.102. The van der Waals surface area contributed by atoms with Crippen LogP contribution in [0.5, 0.6) is 11.5 Å². The van der Waals surface area contributed by atoms with Crippen LogP contribution in [0.2, 0.25) is 0 Å². The first kappa shape index (κ1) is 17.6. The molecule has 2 heterocycles. The van der Waals surface area contributed by atoms with E-state index in [2.05, 4.69) is 15.5 Å². The third-order valence-corrected chi connectivity index (χ3v) is 6.52. The van der Waals surface area contributed by atoms with Crippen LogP contribution in [0.25, 0.3) is 0 Å². The number of ketones is 1. The number of nitrogens with one attached hydrogen (secondary N) is 1.